The predicted octanol–water partition coefficient (Wildman–Crippen LogP) is 3.77. The number of alkyl halides is 3. The summed E-state index contributed by atoms with van der Waals surface area (Å²) in [6, 6.07) is 13.1. The SMILES string of the molecule is O=C(COc1ccc(-c2ccccc2)cc1Cl)NC(=O)NCC(F)(F)F. The summed E-state index contributed by atoms with van der Waals surface area (Å²) in [5.41, 5.74) is 1.79. The van der Waals surface area contributed by atoms with E-state index in [0.29, 0.717) is 0 Å². The van der Waals surface area contributed by atoms with Crippen molar-refractivity contribution in [2.45, 2.75) is 6.18 Å². The second-order valence-corrected chi connectivity index (χ2v) is 5.55. The number of rotatable bonds is 5. The molecular weight excluding hydrogens is 373 g/mol. The zero-order valence-corrected chi connectivity index (χ0v) is 14.0. The predicted molar refractivity (Wildman–Crippen MR) is 90.0 cm³/mol. The minimum atomic E-state index is -4.56. The van der Waals surface area contributed by atoms with Crippen LogP contribution in [0.15, 0.2) is 48.5 Å². The number of hydrogen-bond acceptors (Lipinski definition) is 3. The second-order valence-electron chi connectivity index (χ2n) is 5.15. The number of nitrogens with one attached hydrogen (secondary N) is 2. The molecular formula is C17H14ClF3N2O3. The molecule has 2 N–H and O–H groups in total. The number of amides is 3. The summed E-state index contributed by atoms with van der Waals surface area (Å²) in [5.74, 6) is -0.704. The van der Waals surface area contributed by atoms with Gasteiger partial charge in [-0.05, 0) is 23.3 Å². The molecule has 0 aliphatic heterocycles. The lowest BCUT2D eigenvalue weighted by Gasteiger charge is -2.11. The molecule has 0 heterocycles. The van der Waals surface area contributed by atoms with Crippen LogP contribution in [0.5, 0.6) is 5.75 Å². The molecule has 0 bridgehead atoms. The van der Waals surface area contributed by atoms with Gasteiger partial charge in [-0.2, -0.15) is 13.2 Å². The first-order chi connectivity index (χ1) is 12.2. The van der Waals surface area contributed by atoms with Gasteiger partial charge in [0.2, 0.25) is 0 Å². The number of hydrogen-bond donors (Lipinski definition) is 2. The molecule has 2 aromatic carbocycles. The molecule has 3 amide bonds. The maximum Gasteiger partial charge on any atom is 0.405 e. The first-order valence-electron chi connectivity index (χ1n) is 7.37. The first kappa shape index (κ1) is 19.6. The smallest absolute Gasteiger partial charge is 0.405 e. The highest BCUT2D eigenvalue weighted by Crippen LogP contribution is 2.30. The number of halogens is 4. The zero-order chi connectivity index (χ0) is 19.2. The molecule has 138 valence electrons. The van der Waals surface area contributed by atoms with E-state index in [1.165, 1.54) is 5.32 Å². The van der Waals surface area contributed by atoms with Crippen molar-refractivity contribution in [2.24, 2.45) is 0 Å². The molecule has 2 aromatic rings. The van der Waals surface area contributed by atoms with Crippen molar-refractivity contribution >= 4 is 23.5 Å². The Morgan fingerprint density at radius 3 is 2.35 bits per heavy atom. The van der Waals surface area contributed by atoms with Crippen LogP contribution in [0.4, 0.5) is 18.0 Å². The van der Waals surface area contributed by atoms with E-state index in [0.717, 1.165) is 11.1 Å². The maximum atomic E-state index is 12.0. The summed E-state index contributed by atoms with van der Waals surface area (Å²) < 4.78 is 41.1. The van der Waals surface area contributed by atoms with Gasteiger partial charge in [0, 0.05) is 0 Å². The highest BCUT2D eigenvalue weighted by molar-refractivity contribution is 6.32. The summed E-state index contributed by atoms with van der Waals surface area (Å²) in [6.07, 6.45) is -4.56. The van der Waals surface area contributed by atoms with E-state index in [1.807, 2.05) is 30.3 Å². The number of carbonyl (C=O) groups is 2. The van der Waals surface area contributed by atoms with E-state index < -0.39 is 31.3 Å². The molecule has 26 heavy (non-hydrogen) atoms. The van der Waals surface area contributed by atoms with Crippen molar-refractivity contribution in [1.29, 1.82) is 0 Å². The third kappa shape index (κ3) is 6.29. The standard InChI is InChI=1S/C17H14ClF3N2O3/c18-13-8-12(11-4-2-1-3-5-11)6-7-14(13)26-9-15(24)23-16(25)22-10-17(19,20)21/h1-8H,9-10H2,(H2,22,23,24,25). The van der Waals surface area contributed by atoms with E-state index >= 15 is 0 Å². The molecule has 0 spiro atoms. The monoisotopic (exact) mass is 386 g/mol. The minimum Gasteiger partial charge on any atom is -0.482 e. The third-order valence-electron chi connectivity index (χ3n) is 3.10. The van der Waals surface area contributed by atoms with Crippen LogP contribution in [0.1, 0.15) is 0 Å². The molecule has 5 nitrogen and oxygen atoms in total. The first-order valence-corrected chi connectivity index (χ1v) is 7.74. The van der Waals surface area contributed by atoms with Gasteiger partial charge in [-0.15, -0.1) is 0 Å². The highest BCUT2D eigenvalue weighted by Gasteiger charge is 2.28. The maximum absolute atomic E-state index is 12.0. The van der Waals surface area contributed by atoms with Crippen molar-refractivity contribution in [3.8, 4) is 16.9 Å². The average Bonchev–Trinajstić information content (AvgIpc) is 2.59. The fraction of sp³-hybridized carbons (Fsp3) is 0.176. The van der Waals surface area contributed by atoms with E-state index in [1.54, 1.807) is 23.5 Å². The Morgan fingerprint density at radius 2 is 1.73 bits per heavy atom. The molecule has 0 atom stereocenters. The van der Waals surface area contributed by atoms with E-state index in [9.17, 15) is 22.8 Å². The van der Waals surface area contributed by atoms with Gasteiger partial charge in [0.1, 0.15) is 12.3 Å². The van der Waals surface area contributed by atoms with Crippen molar-refractivity contribution in [3.05, 3.63) is 53.6 Å². The molecule has 0 aliphatic rings. The van der Waals surface area contributed by atoms with Gasteiger partial charge in [0.15, 0.2) is 6.61 Å². The summed E-state index contributed by atoms with van der Waals surface area (Å²) >= 11 is 6.11. The molecule has 0 radical (unpaired) electrons. The van der Waals surface area contributed by atoms with Crippen molar-refractivity contribution in [3.63, 3.8) is 0 Å². The Kier molecular flexibility index (Phi) is 6.46. The largest absolute Gasteiger partial charge is 0.482 e. The van der Waals surface area contributed by atoms with Crippen LogP contribution < -0.4 is 15.4 Å². The fourth-order valence-electron chi connectivity index (χ4n) is 1.96. The van der Waals surface area contributed by atoms with Crippen LogP contribution in [-0.4, -0.2) is 31.3 Å². The highest BCUT2D eigenvalue weighted by atomic mass is 35.5. The summed E-state index contributed by atoms with van der Waals surface area (Å²) in [4.78, 5) is 22.7. The summed E-state index contributed by atoms with van der Waals surface area (Å²) in [5, 5.41) is 3.48. The lowest BCUT2D eigenvalue weighted by molar-refractivity contribution is -0.125. The molecule has 2 rings (SSSR count). The number of imide groups is 1. The Balaban J connectivity index is 1.87. The Morgan fingerprint density at radius 1 is 1.04 bits per heavy atom. The van der Waals surface area contributed by atoms with E-state index in [2.05, 4.69) is 0 Å². The lowest BCUT2D eigenvalue weighted by atomic mass is 10.1. The van der Waals surface area contributed by atoms with Gasteiger partial charge in [0.25, 0.3) is 5.91 Å². The lowest BCUT2D eigenvalue weighted by Crippen LogP contribution is -2.44. The molecule has 0 fully saturated rings. The molecule has 0 saturated heterocycles. The molecule has 9 heteroatoms. The second kappa shape index (κ2) is 8.57. The average molecular weight is 387 g/mol. The van der Waals surface area contributed by atoms with Crippen molar-refractivity contribution < 1.29 is 27.5 Å². The molecule has 0 saturated carbocycles. The normalized spacial score (nSPS) is 10.9. The van der Waals surface area contributed by atoms with Crippen LogP contribution in [0.3, 0.4) is 0 Å². The topological polar surface area (TPSA) is 67.4 Å². The van der Waals surface area contributed by atoms with Crippen LogP contribution in [0, 0.1) is 0 Å². The molecule has 0 aromatic heterocycles. The molecule has 0 aliphatic carbocycles. The van der Waals surface area contributed by atoms with Crippen LogP contribution in [-0.2, 0) is 4.79 Å². The number of ether oxygens (including phenoxy) is 1. The van der Waals surface area contributed by atoms with Crippen LogP contribution in [0.2, 0.25) is 5.02 Å². The van der Waals surface area contributed by atoms with Crippen molar-refractivity contribution in [1.82, 2.24) is 10.6 Å². The van der Waals surface area contributed by atoms with Crippen LogP contribution in [0.25, 0.3) is 11.1 Å². The van der Waals surface area contributed by atoms with Gasteiger partial charge < -0.3 is 10.1 Å². The molecule has 0 unspecified atom stereocenters. The van der Waals surface area contributed by atoms with Crippen LogP contribution >= 0.6 is 11.6 Å². The number of benzene rings is 2. The number of carbonyl (C=O) groups excluding carboxylic acids is 2. The quantitative estimate of drug-likeness (QED) is 0.822. The Bertz CT molecular complexity index is 783. The van der Waals surface area contributed by atoms with Gasteiger partial charge in [-0.1, -0.05) is 48.0 Å². The zero-order valence-electron chi connectivity index (χ0n) is 13.3. The van der Waals surface area contributed by atoms with Gasteiger partial charge in [0.05, 0.1) is 5.02 Å². The summed E-state index contributed by atoms with van der Waals surface area (Å²) in [6.45, 7) is -2.12. The van der Waals surface area contributed by atoms with Crippen molar-refractivity contribution in [2.75, 3.05) is 13.2 Å². The van der Waals surface area contributed by atoms with E-state index in [-0.39, 0.29) is 10.8 Å². The Hall–Kier alpha value is -2.74. The van der Waals surface area contributed by atoms with Gasteiger partial charge in [-0.3, -0.25) is 10.1 Å². The fourth-order valence-corrected chi connectivity index (χ4v) is 2.19. The van der Waals surface area contributed by atoms with Gasteiger partial charge in [-0.25, -0.2) is 4.79 Å². The Labute approximate surface area is 152 Å². The third-order valence-corrected chi connectivity index (χ3v) is 3.40. The van der Waals surface area contributed by atoms with E-state index in [4.69, 9.17) is 16.3 Å². The number of urea groups is 1. The summed E-state index contributed by atoms with van der Waals surface area (Å²) in [7, 11) is 0. The van der Waals surface area contributed by atoms with Gasteiger partial charge >= 0.3 is 12.2 Å². The minimum absolute atomic E-state index is 0.206.